The lowest BCUT2D eigenvalue weighted by Crippen LogP contribution is -2.40. The summed E-state index contributed by atoms with van der Waals surface area (Å²) in [6.07, 6.45) is -2.10. The summed E-state index contributed by atoms with van der Waals surface area (Å²) in [5.41, 5.74) is -0.154. The lowest BCUT2D eigenvalue weighted by atomic mass is 10.1. The molecule has 2 N–H and O–H groups in total. The monoisotopic (exact) mass is 962 g/mol. The third-order valence-corrected chi connectivity index (χ3v) is 8.39. The van der Waals surface area contributed by atoms with Crippen molar-refractivity contribution in [3.8, 4) is 0 Å². The molecule has 0 saturated carbocycles. The standard InChI is InChI=1S/C26H32I3N3O12/c1-12(33)41-9-16(43-14(3)35)7-30-25(38)19-21(27)20(23(29)24(22(19)28)31-18(37)11-40-6)26(39)32(5)8-17(44-15(4)36)10-42-13(2)34/h16-17H,7-11H2,1-6H3,(H,30,38)(H,31,37)/i6D3. The van der Waals surface area contributed by atoms with E-state index in [9.17, 15) is 33.6 Å². The molecule has 0 aliphatic rings. The van der Waals surface area contributed by atoms with E-state index in [-0.39, 0.29) is 53.8 Å². The van der Waals surface area contributed by atoms with Crippen LogP contribution in [0.2, 0.25) is 0 Å². The number of methoxy groups -OCH3 is 1. The Morgan fingerprint density at radius 2 is 1.32 bits per heavy atom. The quantitative estimate of drug-likeness (QED) is 0.148. The Kier molecular flexibility index (Phi) is 15.1. The van der Waals surface area contributed by atoms with Gasteiger partial charge in [-0.1, -0.05) is 0 Å². The first-order valence-corrected chi connectivity index (χ1v) is 15.7. The topological polar surface area (TPSA) is 193 Å². The molecule has 15 nitrogen and oxygen atoms in total. The van der Waals surface area contributed by atoms with Gasteiger partial charge in [-0.05, 0) is 67.8 Å². The minimum atomic E-state index is -2.87. The summed E-state index contributed by atoms with van der Waals surface area (Å²) in [7, 11) is -1.49. The Hall–Kier alpha value is -2.34. The van der Waals surface area contributed by atoms with Crippen LogP contribution in [0.25, 0.3) is 0 Å². The van der Waals surface area contributed by atoms with Crippen molar-refractivity contribution < 1.29 is 61.4 Å². The van der Waals surface area contributed by atoms with Gasteiger partial charge in [0.05, 0.1) is 41.2 Å². The average molecular weight is 962 g/mol. The van der Waals surface area contributed by atoms with Crippen molar-refractivity contribution in [2.24, 2.45) is 0 Å². The molecule has 244 valence electrons. The summed E-state index contributed by atoms with van der Waals surface area (Å²) >= 11 is 5.33. The van der Waals surface area contributed by atoms with Crippen molar-refractivity contribution >= 4 is 115 Å². The smallest absolute Gasteiger partial charge is 0.303 e. The zero-order valence-corrected chi connectivity index (χ0v) is 30.6. The Morgan fingerprint density at radius 3 is 1.84 bits per heavy atom. The second-order valence-electron chi connectivity index (χ2n) is 8.87. The Balaban J connectivity index is 3.62. The summed E-state index contributed by atoms with van der Waals surface area (Å²) in [6.45, 7) is 2.47. The van der Waals surface area contributed by atoms with E-state index in [1.807, 2.05) is 0 Å². The molecule has 0 saturated heterocycles. The molecule has 0 aliphatic carbocycles. The van der Waals surface area contributed by atoms with Crippen LogP contribution >= 0.6 is 67.8 Å². The first-order valence-electron chi connectivity index (χ1n) is 13.9. The number of nitrogens with one attached hydrogen (secondary N) is 2. The fraction of sp³-hybridized carbons (Fsp3) is 0.500. The van der Waals surface area contributed by atoms with Gasteiger partial charge in [-0.2, -0.15) is 0 Å². The number of carbonyl (C=O) groups excluding carboxylic acids is 7. The summed E-state index contributed by atoms with van der Waals surface area (Å²) in [5.74, 6) is -5.03. The molecular weight excluding hydrogens is 927 g/mol. The molecule has 2 atom stereocenters. The lowest BCUT2D eigenvalue weighted by molar-refractivity contribution is -0.156. The minimum Gasteiger partial charge on any atom is -0.462 e. The van der Waals surface area contributed by atoms with E-state index < -0.39 is 67.5 Å². The number of amides is 3. The van der Waals surface area contributed by atoms with Gasteiger partial charge in [0.15, 0.2) is 12.2 Å². The first-order chi connectivity index (χ1) is 21.6. The summed E-state index contributed by atoms with van der Waals surface area (Å²) < 4.78 is 46.7. The number of hydrogen-bond donors (Lipinski definition) is 2. The predicted octanol–water partition coefficient (Wildman–Crippen LogP) is 1.88. The molecule has 44 heavy (non-hydrogen) atoms. The minimum absolute atomic E-state index is 0.0134. The van der Waals surface area contributed by atoms with Crippen LogP contribution < -0.4 is 10.6 Å². The summed E-state index contributed by atoms with van der Waals surface area (Å²) in [6, 6.07) is 0. The van der Waals surface area contributed by atoms with Crippen LogP contribution in [0.15, 0.2) is 0 Å². The number of halogens is 3. The van der Waals surface area contributed by atoms with E-state index in [1.165, 1.54) is 7.05 Å². The van der Waals surface area contributed by atoms with Crippen LogP contribution in [0.5, 0.6) is 0 Å². The molecule has 0 radical (unpaired) electrons. The molecule has 0 heterocycles. The average Bonchev–Trinajstić information content (AvgIpc) is 2.93. The lowest BCUT2D eigenvalue weighted by Gasteiger charge is -2.26. The Morgan fingerprint density at radius 1 is 0.795 bits per heavy atom. The molecule has 1 rings (SSSR count). The normalized spacial score (nSPS) is 13.1. The zero-order valence-electron chi connectivity index (χ0n) is 27.2. The number of rotatable bonds is 15. The van der Waals surface area contributed by atoms with Gasteiger partial charge in [0, 0.05) is 45.4 Å². The van der Waals surface area contributed by atoms with Crippen molar-refractivity contribution in [2.75, 3.05) is 52.3 Å². The molecule has 18 heteroatoms. The van der Waals surface area contributed by atoms with Crippen molar-refractivity contribution in [1.29, 1.82) is 0 Å². The maximum atomic E-state index is 13.9. The summed E-state index contributed by atoms with van der Waals surface area (Å²) in [5, 5.41) is 5.06. The SMILES string of the molecule is [2H]C([2H])([2H])OCC(=O)Nc1c(I)c(C(=O)NCC(COC(C)=O)OC(C)=O)c(I)c(C(=O)N(C)CC(COC(C)=O)OC(C)=O)c1I. The Labute approximate surface area is 298 Å². The Bertz CT molecular complexity index is 1390. The van der Waals surface area contributed by atoms with Gasteiger partial charge >= 0.3 is 23.9 Å². The van der Waals surface area contributed by atoms with Crippen LogP contribution in [0, 0.1) is 10.7 Å². The van der Waals surface area contributed by atoms with E-state index in [0.717, 1.165) is 32.6 Å². The number of carbonyl (C=O) groups is 7. The molecule has 0 aromatic heterocycles. The van der Waals surface area contributed by atoms with Crippen LogP contribution in [0.3, 0.4) is 0 Å². The molecule has 3 amide bonds. The van der Waals surface area contributed by atoms with E-state index in [1.54, 1.807) is 67.8 Å². The second kappa shape index (κ2) is 19.2. The molecule has 0 fully saturated rings. The number of ether oxygens (including phenoxy) is 5. The van der Waals surface area contributed by atoms with Gasteiger partial charge < -0.3 is 39.2 Å². The molecule has 2 unspecified atom stereocenters. The van der Waals surface area contributed by atoms with Crippen molar-refractivity contribution in [3.05, 3.63) is 21.8 Å². The van der Waals surface area contributed by atoms with E-state index in [0.29, 0.717) is 0 Å². The number of nitrogens with zero attached hydrogens (tertiary/aromatic N) is 1. The largest absolute Gasteiger partial charge is 0.462 e. The van der Waals surface area contributed by atoms with Crippen LogP contribution in [-0.4, -0.2) is 106 Å². The van der Waals surface area contributed by atoms with Gasteiger partial charge in [0.25, 0.3) is 11.8 Å². The third kappa shape index (κ3) is 12.9. The van der Waals surface area contributed by atoms with Gasteiger partial charge in [-0.15, -0.1) is 0 Å². The molecule has 1 aromatic carbocycles. The van der Waals surface area contributed by atoms with Crippen LogP contribution in [0.1, 0.15) is 52.5 Å². The third-order valence-electron chi connectivity index (χ3n) is 5.15. The summed E-state index contributed by atoms with van der Waals surface area (Å²) in [4.78, 5) is 87.1. The van der Waals surface area contributed by atoms with Crippen molar-refractivity contribution in [3.63, 3.8) is 0 Å². The highest BCUT2D eigenvalue weighted by Gasteiger charge is 2.31. The zero-order chi connectivity index (χ0) is 36.2. The number of hydrogen-bond acceptors (Lipinski definition) is 12. The van der Waals surface area contributed by atoms with Gasteiger partial charge in [-0.3, -0.25) is 33.6 Å². The highest BCUT2D eigenvalue weighted by molar-refractivity contribution is 14.1. The fourth-order valence-electron chi connectivity index (χ4n) is 3.42. The fourth-order valence-corrected chi connectivity index (χ4v) is 7.81. The second-order valence-corrected chi connectivity index (χ2v) is 12.1. The highest BCUT2D eigenvalue weighted by Crippen LogP contribution is 2.36. The molecular formula is C26H32I3N3O12. The van der Waals surface area contributed by atoms with Crippen molar-refractivity contribution in [2.45, 2.75) is 39.9 Å². The highest BCUT2D eigenvalue weighted by atomic mass is 127. The van der Waals surface area contributed by atoms with Gasteiger partial charge in [0.2, 0.25) is 5.91 Å². The van der Waals surface area contributed by atoms with E-state index >= 15 is 0 Å². The van der Waals surface area contributed by atoms with E-state index in [4.69, 9.17) is 23.1 Å². The van der Waals surface area contributed by atoms with Gasteiger partial charge in [-0.25, -0.2) is 0 Å². The van der Waals surface area contributed by atoms with Gasteiger partial charge in [0.1, 0.15) is 19.8 Å². The first kappa shape index (κ1) is 34.5. The number of anilines is 1. The number of likely N-dealkylation sites (N-methyl/N-ethyl adjacent to an activating group) is 1. The van der Waals surface area contributed by atoms with E-state index in [2.05, 4.69) is 15.4 Å². The number of esters is 4. The van der Waals surface area contributed by atoms with Crippen LogP contribution in [-0.2, 0) is 47.7 Å². The number of benzene rings is 1. The molecule has 0 aliphatic heterocycles. The van der Waals surface area contributed by atoms with Crippen LogP contribution in [0.4, 0.5) is 5.69 Å². The molecule has 0 bridgehead atoms. The maximum Gasteiger partial charge on any atom is 0.303 e. The molecule has 1 aromatic rings. The predicted molar refractivity (Wildman–Crippen MR) is 179 cm³/mol. The maximum absolute atomic E-state index is 13.9. The molecule has 0 spiro atoms. The van der Waals surface area contributed by atoms with Crippen molar-refractivity contribution in [1.82, 2.24) is 10.2 Å².